The van der Waals surface area contributed by atoms with Crippen molar-refractivity contribution in [1.82, 2.24) is 0 Å². The lowest BCUT2D eigenvalue weighted by Crippen LogP contribution is -2.05. The zero-order chi connectivity index (χ0) is 15.6. The molecule has 0 fully saturated rings. The minimum Gasteiger partial charge on any atom is -0.457 e. The third-order valence-corrected chi connectivity index (χ3v) is 3.75. The van der Waals surface area contributed by atoms with E-state index < -0.39 is 4.92 Å². The Morgan fingerprint density at radius 3 is 2.38 bits per heavy atom. The van der Waals surface area contributed by atoms with Gasteiger partial charge >= 0.3 is 0 Å². The molecule has 6 heteroatoms. The summed E-state index contributed by atoms with van der Waals surface area (Å²) in [6, 6.07) is 10.1. The van der Waals surface area contributed by atoms with Crippen LogP contribution in [0.2, 0.25) is 0 Å². The van der Waals surface area contributed by atoms with Gasteiger partial charge in [0.05, 0.1) is 4.92 Å². The van der Waals surface area contributed by atoms with E-state index >= 15 is 0 Å². The lowest BCUT2D eigenvalue weighted by molar-refractivity contribution is -0.385. The maximum atomic E-state index is 10.8. The molecule has 2 aromatic rings. The van der Waals surface area contributed by atoms with Crippen LogP contribution in [0.25, 0.3) is 0 Å². The summed E-state index contributed by atoms with van der Waals surface area (Å²) in [6.45, 7) is 3.58. The fourth-order valence-corrected chi connectivity index (χ4v) is 2.69. The number of nitro benzene ring substituents is 1. The second-order valence-corrected chi connectivity index (χ2v) is 5.63. The van der Waals surface area contributed by atoms with Crippen LogP contribution in [-0.2, 0) is 0 Å². The summed E-state index contributed by atoms with van der Waals surface area (Å²) >= 11 is 3.46. The minimum absolute atomic E-state index is 0.0740. The molecular formula is C15H15BrN2O3. The highest BCUT2D eigenvalue weighted by atomic mass is 79.9. The van der Waals surface area contributed by atoms with Crippen molar-refractivity contribution in [3.63, 3.8) is 0 Å². The van der Waals surface area contributed by atoms with E-state index in [0.717, 1.165) is 10.0 Å². The first-order valence-corrected chi connectivity index (χ1v) is 7.15. The van der Waals surface area contributed by atoms with E-state index in [1.807, 2.05) is 25.1 Å². The van der Waals surface area contributed by atoms with E-state index in [9.17, 15) is 10.1 Å². The largest absolute Gasteiger partial charge is 0.457 e. The van der Waals surface area contributed by atoms with Gasteiger partial charge in [-0.15, -0.1) is 0 Å². The van der Waals surface area contributed by atoms with E-state index in [-0.39, 0.29) is 11.7 Å². The summed E-state index contributed by atoms with van der Waals surface area (Å²) in [5.41, 5.74) is 7.47. The number of rotatable bonds is 4. The highest BCUT2D eigenvalue weighted by molar-refractivity contribution is 9.10. The molecule has 0 heterocycles. The van der Waals surface area contributed by atoms with Crippen molar-refractivity contribution in [2.24, 2.45) is 5.73 Å². The van der Waals surface area contributed by atoms with Crippen molar-refractivity contribution in [3.8, 4) is 11.5 Å². The topological polar surface area (TPSA) is 78.4 Å². The average molecular weight is 351 g/mol. The third kappa shape index (κ3) is 3.59. The molecule has 5 nitrogen and oxygen atoms in total. The highest BCUT2D eigenvalue weighted by Crippen LogP contribution is 2.31. The Morgan fingerprint density at radius 1 is 1.24 bits per heavy atom. The molecular weight excluding hydrogens is 336 g/mol. The normalized spacial score (nSPS) is 12.0. The molecule has 0 saturated carbocycles. The number of aryl methyl sites for hydroxylation is 1. The first kappa shape index (κ1) is 15.5. The summed E-state index contributed by atoms with van der Waals surface area (Å²) in [5.74, 6) is 1.19. The lowest BCUT2D eigenvalue weighted by atomic mass is 10.1. The van der Waals surface area contributed by atoms with Crippen LogP contribution < -0.4 is 10.5 Å². The zero-order valence-corrected chi connectivity index (χ0v) is 13.3. The Kier molecular flexibility index (Phi) is 4.59. The van der Waals surface area contributed by atoms with Gasteiger partial charge in [-0.3, -0.25) is 10.1 Å². The van der Waals surface area contributed by atoms with Crippen LogP contribution in [0, 0.1) is 17.0 Å². The molecule has 2 rings (SSSR count). The van der Waals surface area contributed by atoms with Crippen LogP contribution in [0.4, 0.5) is 5.69 Å². The van der Waals surface area contributed by atoms with Gasteiger partial charge in [0.15, 0.2) is 0 Å². The number of ether oxygens (including phenoxy) is 1. The smallest absolute Gasteiger partial charge is 0.272 e. The van der Waals surface area contributed by atoms with Crippen LogP contribution in [0.5, 0.6) is 11.5 Å². The molecule has 1 atom stereocenters. The fourth-order valence-electron chi connectivity index (χ4n) is 1.97. The summed E-state index contributed by atoms with van der Waals surface area (Å²) < 4.78 is 6.59. The van der Waals surface area contributed by atoms with E-state index in [4.69, 9.17) is 10.5 Å². The van der Waals surface area contributed by atoms with Crippen molar-refractivity contribution in [2.75, 3.05) is 0 Å². The average Bonchev–Trinajstić information content (AvgIpc) is 2.37. The minimum atomic E-state index is -0.410. The van der Waals surface area contributed by atoms with E-state index in [1.165, 1.54) is 6.07 Å². The Hall–Kier alpha value is -1.92. The van der Waals surface area contributed by atoms with Gasteiger partial charge in [-0.1, -0.05) is 22.0 Å². The third-order valence-electron chi connectivity index (χ3n) is 3.06. The standard InChI is InChI=1S/C15H15BrN2O3/c1-9-7-11(4-6-15(9)18(19)20)21-12-3-5-13(10(2)17)14(16)8-12/h3-8,10H,17H2,1-2H3/t10-/m1/s1. The van der Waals surface area contributed by atoms with Crippen molar-refractivity contribution >= 4 is 21.6 Å². The van der Waals surface area contributed by atoms with Crippen molar-refractivity contribution in [2.45, 2.75) is 19.9 Å². The summed E-state index contributed by atoms with van der Waals surface area (Å²) in [7, 11) is 0. The van der Waals surface area contributed by atoms with Gasteiger partial charge in [0.25, 0.3) is 5.69 Å². The van der Waals surface area contributed by atoms with E-state index in [1.54, 1.807) is 19.1 Å². The van der Waals surface area contributed by atoms with Gasteiger partial charge < -0.3 is 10.5 Å². The summed E-state index contributed by atoms with van der Waals surface area (Å²) in [5, 5.41) is 10.8. The maximum Gasteiger partial charge on any atom is 0.272 e. The first-order chi connectivity index (χ1) is 9.88. The number of nitrogens with two attached hydrogens (primary N) is 1. The van der Waals surface area contributed by atoms with Gasteiger partial charge in [0.1, 0.15) is 11.5 Å². The number of hydrogen-bond acceptors (Lipinski definition) is 4. The number of hydrogen-bond donors (Lipinski definition) is 1. The second kappa shape index (κ2) is 6.24. The zero-order valence-electron chi connectivity index (χ0n) is 11.7. The first-order valence-electron chi connectivity index (χ1n) is 6.36. The number of nitro groups is 1. The molecule has 0 radical (unpaired) electrons. The molecule has 2 aromatic carbocycles. The number of benzene rings is 2. The summed E-state index contributed by atoms with van der Waals surface area (Å²) in [4.78, 5) is 10.4. The molecule has 0 aliphatic rings. The molecule has 0 aliphatic heterocycles. The quantitative estimate of drug-likeness (QED) is 0.651. The van der Waals surface area contributed by atoms with Crippen molar-refractivity contribution in [1.29, 1.82) is 0 Å². The monoisotopic (exact) mass is 350 g/mol. The van der Waals surface area contributed by atoms with Crippen LogP contribution >= 0.6 is 15.9 Å². The number of nitrogens with zero attached hydrogens (tertiary/aromatic N) is 1. The molecule has 0 bridgehead atoms. The van der Waals surface area contributed by atoms with Gasteiger partial charge in [-0.05, 0) is 43.7 Å². The predicted octanol–water partition coefficient (Wildman–Crippen LogP) is 4.48. The lowest BCUT2D eigenvalue weighted by Gasteiger charge is -2.11. The van der Waals surface area contributed by atoms with Crippen molar-refractivity contribution < 1.29 is 9.66 Å². The molecule has 0 amide bonds. The molecule has 110 valence electrons. The molecule has 21 heavy (non-hydrogen) atoms. The SMILES string of the molecule is Cc1cc(Oc2ccc([C@@H](C)N)c(Br)c2)ccc1[N+](=O)[O-]. The molecule has 0 unspecified atom stereocenters. The Bertz CT molecular complexity index is 687. The van der Waals surface area contributed by atoms with E-state index in [2.05, 4.69) is 15.9 Å². The van der Waals surface area contributed by atoms with Crippen LogP contribution in [0.3, 0.4) is 0 Å². The fraction of sp³-hybridized carbons (Fsp3) is 0.200. The van der Waals surface area contributed by atoms with Gasteiger partial charge in [0, 0.05) is 22.1 Å². The predicted molar refractivity (Wildman–Crippen MR) is 84.7 cm³/mol. The second-order valence-electron chi connectivity index (χ2n) is 4.78. The van der Waals surface area contributed by atoms with Gasteiger partial charge in [0.2, 0.25) is 0 Å². The van der Waals surface area contributed by atoms with E-state index in [0.29, 0.717) is 17.1 Å². The molecule has 2 N–H and O–H groups in total. The Balaban J connectivity index is 2.24. The highest BCUT2D eigenvalue weighted by Gasteiger charge is 2.12. The van der Waals surface area contributed by atoms with Crippen LogP contribution in [0.1, 0.15) is 24.1 Å². The van der Waals surface area contributed by atoms with Crippen molar-refractivity contribution in [3.05, 3.63) is 62.1 Å². The van der Waals surface area contributed by atoms with Gasteiger partial charge in [-0.2, -0.15) is 0 Å². The van der Waals surface area contributed by atoms with Crippen LogP contribution in [0.15, 0.2) is 40.9 Å². The Morgan fingerprint density at radius 2 is 1.86 bits per heavy atom. The Labute approximate surface area is 131 Å². The molecule has 0 aliphatic carbocycles. The molecule has 0 saturated heterocycles. The maximum absolute atomic E-state index is 10.8. The van der Waals surface area contributed by atoms with Gasteiger partial charge in [-0.25, -0.2) is 0 Å². The number of halogens is 1. The molecule has 0 aromatic heterocycles. The van der Waals surface area contributed by atoms with Crippen LogP contribution in [-0.4, -0.2) is 4.92 Å². The molecule has 0 spiro atoms. The summed E-state index contributed by atoms with van der Waals surface area (Å²) in [6.07, 6.45) is 0.